The minimum absolute atomic E-state index is 0.0200. The molecule has 5 nitrogen and oxygen atoms in total. The maximum absolute atomic E-state index is 12.6. The van der Waals surface area contributed by atoms with Gasteiger partial charge in [0.25, 0.3) is 0 Å². The fraction of sp³-hybridized carbons (Fsp3) is 0.143. The number of halogens is 1. The summed E-state index contributed by atoms with van der Waals surface area (Å²) >= 11 is 5.90. The minimum Gasteiger partial charge on any atom is -0.324 e. The molecular weight excluding hydrogens is 362 g/mol. The zero-order valence-electron chi connectivity index (χ0n) is 14.6. The summed E-state index contributed by atoms with van der Waals surface area (Å²) in [5, 5.41) is 5.58. The van der Waals surface area contributed by atoms with Gasteiger partial charge in [0.1, 0.15) is 6.54 Å². The van der Waals surface area contributed by atoms with E-state index in [9.17, 15) is 9.59 Å². The fourth-order valence-electron chi connectivity index (χ4n) is 3.29. The van der Waals surface area contributed by atoms with Crippen LogP contribution >= 0.6 is 11.6 Å². The first-order valence-electron chi connectivity index (χ1n) is 8.71. The summed E-state index contributed by atoms with van der Waals surface area (Å²) in [6, 6.07) is 20.6. The molecule has 1 N–H and O–H groups in total. The summed E-state index contributed by atoms with van der Waals surface area (Å²) < 4.78 is 0. The molecule has 0 saturated carbocycles. The molecule has 1 aliphatic rings. The average molecular weight is 380 g/mol. The highest BCUT2D eigenvalue weighted by molar-refractivity contribution is 6.30. The van der Waals surface area contributed by atoms with Crippen molar-refractivity contribution in [1.29, 1.82) is 0 Å². The Morgan fingerprint density at radius 3 is 2.52 bits per heavy atom. The van der Waals surface area contributed by atoms with Crippen molar-refractivity contribution in [3.63, 3.8) is 0 Å². The molecule has 3 aromatic carbocycles. The lowest BCUT2D eigenvalue weighted by atomic mass is 10.1. The molecular formula is C21H18ClN3O2. The van der Waals surface area contributed by atoms with E-state index < -0.39 is 0 Å². The highest BCUT2D eigenvalue weighted by Crippen LogP contribution is 2.24. The number of hydrogen-bond donors (Lipinski definition) is 1. The monoisotopic (exact) mass is 379 g/mol. The standard InChI is InChI=1S/C21H18ClN3O2/c22-16-8-10-17(11-9-16)25-13-12-24(21(25)27)14-20(26)23-19-7-3-5-15-4-1-2-6-18(15)19/h1-11H,12-14H2,(H,23,26). The Hall–Kier alpha value is -3.05. The van der Waals surface area contributed by atoms with Gasteiger partial charge < -0.3 is 10.2 Å². The topological polar surface area (TPSA) is 52.7 Å². The third kappa shape index (κ3) is 3.59. The molecule has 1 aliphatic heterocycles. The Labute approximate surface area is 162 Å². The Bertz CT molecular complexity index is 998. The molecule has 0 unspecified atom stereocenters. The van der Waals surface area contributed by atoms with Gasteiger partial charge in [-0.1, -0.05) is 48.0 Å². The van der Waals surface area contributed by atoms with Crippen LogP contribution in [0, 0.1) is 0 Å². The molecule has 27 heavy (non-hydrogen) atoms. The second-order valence-corrected chi connectivity index (χ2v) is 6.84. The second-order valence-electron chi connectivity index (χ2n) is 6.41. The molecule has 6 heteroatoms. The number of rotatable bonds is 4. The number of urea groups is 1. The Morgan fingerprint density at radius 2 is 1.70 bits per heavy atom. The fourth-order valence-corrected chi connectivity index (χ4v) is 3.41. The third-order valence-electron chi connectivity index (χ3n) is 4.63. The van der Waals surface area contributed by atoms with E-state index in [-0.39, 0.29) is 18.5 Å². The highest BCUT2D eigenvalue weighted by atomic mass is 35.5. The van der Waals surface area contributed by atoms with Gasteiger partial charge in [-0.25, -0.2) is 4.79 Å². The molecule has 0 aliphatic carbocycles. The number of anilines is 2. The maximum atomic E-state index is 12.6. The minimum atomic E-state index is -0.211. The van der Waals surface area contributed by atoms with Crippen molar-refractivity contribution in [3.05, 3.63) is 71.8 Å². The molecule has 0 aromatic heterocycles. The first-order chi connectivity index (χ1) is 13.1. The van der Waals surface area contributed by atoms with E-state index in [2.05, 4.69) is 5.32 Å². The van der Waals surface area contributed by atoms with Crippen LogP contribution in [0.2, 0.25) is 5.02 Å². The molecule has 0 bridgehead atoms. The van der Waals surface area contributed by atoms with E-state index >= 15 is 0 Å². The number of nitrogens with zero attached hydrogens (tertiary/aromatic N) is 2. The number of fused-ring (bicyclic) bond motifs is 1. The SMILES string of the molecule is O=C(CN1CCN(c2ccc(Cl)cc2)C1=O)Nc1cccc2ccccc12. The van der Waals surface area contributed by atoms with Gasteiger partial charge in [-0.3, -0.25) is 9.69 Å². The molecule has 4 rings (SSSR count). The largest absolute Gasteiger partial charge is 0.325 e. The molecule has 0 radical (unpaired) electrons. The van der Waals surface area contributed by atoms with E-state index in [1.807, 2.05) is 42.5 Å². The van der Waals surface area contributed by atoms with Crippen molar-refractivity contribution in [1.82, 2.24) is 4.90 Å². The lowest BCUT2D eigenvalue weighted by molar-refractivity contribution is -0.116. The van der Waals surface area contributed by atoms with Crippen molar-refractivity contribution in [2.45, 2.75) is 0 Å². The van der Waals surface area contributed by atoms with Gasteiger partial charge in [-0.05, 0) is 35.7 Å². The van der Waals surface area contributed by atoms with Crippen molar-refractivity contribution >= 4 is 45.7 Å². The second kappa shape index (κ2) is 7.29. The Balaban J connectivity index is 1.44. The third-order valence-corrected chi connectivity index (χ3v) is 4.88. The molecule has 1 heterocycles. The predicted molar refractivity (Wildman–Crippen MR) is 108 cm³/mol. The normalized spacial score (nSPS) is 14.0. The van der Waals surface area contributed by atoms with Crippen LogP contribution in [-0.2, 0) is 4.79 Å². The Morgan fingerprint density at radius 1 is 0.963 bits per heavy atom. The summed E-state index contributed by atoms with van der Waals surface area (Å²) in [6.07, 6.45) is 0. The molecule has 3 aromatic rings. The highest BCUT2D eigenvalue weighted by Gasteiger charge is 2.30. The van der Waals surface area contributed by atoms with Gasteiger partial charge in [0.2, 0.25) is 5.91 Å². The average Bonchev–Trinajstić information content (AvgIpc) is 3.03. The smallest absolute Gasteiger partial charge is 0.324 e. The van der Waals surface area contributed by atoms with Crippen molar-refractivity contribution in [3.8, 4) is 0 Å². The predicted octanol–water partition coefficient (Wildman–Crippen LogP) is 4.37. The number of carbonyl (C=O) groups excluding carboxylic acids is 2. The van der Waals surface area contributed by atoms with Gasteiger partial charge in [0, 0.05) is 34.9 Å². The van der Waals surface area contributed by atoms with Crippen molar-refractivity contribution < 1.29 is 9.59 Å². The van der Waals surface area contributed by atoms with E-state index in [4.69, 9.17) is 11.6 Å². The first kappa shape index (κ1) is 17.4. The summed E-state index contributed by atoms with van der Waals surface area (Å²) in [6.45, 7) is 1.07. The van der Waals surface area contributed by atoms with Crippen molar-refractivity contribution in [2.75, 3.05) is 29.9 Å². The zero-order chi connectivity index (χ0) is 18.8. The Kier molecular flexibility index (Phi) is 4.69. The van der Waals surface area contributed by atoms with Crippen LogP contribution in [-0.4, -0.2) is 36.5 Å². The molecule has 1 fully saturated rings. The van der Waals surface area contributed by atoms with E-state index in [1.54, 1.807) is 34.1 Å². The molecule has 136 valence electrons. The molecule has 0 spiro atoms. The van der Waals surface area contributed by atoms with Gasteiger partial charge >= 0.3 is 6.03 Å². The summed E-state index contributed by atoms with van der Waals surface area (Å²) in [7, 11) is 0. The lowest BCUT2D eigenvalue weighted by Crippen LogP contribution is -2.37. The van der Waals surface area contributed by atoms with Gasteiger partial charge in [-0.2, -0.15) is 0 Å². The van der Waals surface area contributed by atoms with Crippen LogP contribution in [0.5, 0.6) is 0 Å². The van der Waals surface area contributed by atoms with E-state index in [0.29, 0.717) is 18.1 Å². The lowest BCUT2D eigenvalue weighted by Gasteiger charge is -2.18. The zero-order valence-corrected chi connectivity index (χ0v) is 15.3. The number of benzene rings is 3. The van der Waals surface area contributed by atoms with Crippen LogP contribution in [0.4, 0.5) is 16.2 Å². The van der Waals surface area contributed by atoms with Gasteiger partial charge in [0.15, 0.2) is 0 Å². The van der Waals surface area contributed by atoms with Crippen LogP contribution in [0.15, 0.2) is 66.7 Å². The first-order valence-corrected chi connectivity index (χ1v) is 9.09. The number of amides is 3. The number of carbonyl (C=O) groups is 2. The van der Waals surface area contributed by atoms with Crippen molar-refractivity contribution in [2.24, 2.45) is 0 Å². The summed E-state index contributed by atoms with van der Waals surface area (Å²) in [5.41, 5.74) is 1.53. The number of hydrogen-bond acceptors (Lipinski definition) is 2. The van der Waals surface area contributed by atoms with E-state index in [0.717, 1.165) is 22.1 Å². The molecule has 3 amide bonds. The van der Waals surface area contributed by atoms with Gasteiger partial charge in [0.05, 0.1) is 0 Å². The summed E-state index contributed by atoms with van der Waals surface area (Å²) in [4.78, 5) is 28.3. The number of nitrogens with one attached hydrogen (secondary N) is 1. The quantitative estimate of drug-likeness (QED) is 0.731. The van der Waals surface area contributed by atoms with Crippen LogP contribution in [0.3, 0.4) is 0 Å². The summed E-state index contributed by atoms with van der Waals surface area (Å²) in [5.74, 6) is -0.211. The maximum Gasteiger partial charge on any atom is 0.325 e. The van der Waals surface area contributed by atoms with Crippen LogP contribution in [0.25, 0.3) is 10.8 Å². The van der Waals surface area contributed by atoms with Crippen LogP contribution in [0.1, 0.15) is 0 Å². The van der Waals surface area contributed by atoms with Gasteiger partial charge in [-0.15, -0.1) is 0 Å². The molecule has 1 saturated heterocycles. The molecule has 0 atom stereocenters. The van der Waals surface area contributed by atoms with E-state index in [1.165, 1.54) is 0 Å². The van der Waals surface area contributed by atoms with Crippen LogP contribution < -0.4 is 10.2 Å².